The Bertz CT molecular complexity index is 1250. The summed E-state index contributed by atoms with van der Waals surface area (Å²) in [5.41, 5.74) is 2.30. The van der Waals surface area contributed by atoms with Crippen molar-refractivity contribution in [3.05, 3.63) is 49.1 Å². The average molecular weight is 473 g/mol. The van der Waals surface area contributed by atoms with E-state index in [0.29, 0.717) is 5.82 Å². The molecule has 35 heavy (non-hydrogen) atoms. The first-order valence-electron chi connectivity index (χ1n) is 12.2. The van der Waals surface area contributed by atoms with Gasteiger partial charge in [-0.25, -0.2) is 14.8 Å². The van der Waals surface area contributed by atoms with Crippen LogP contribution in [0.3, 0.4) is 0 Å². The molecule has 0 atom stereocenters. The lowest BCUT2D eigenvalue weighted by atomic mass is 9.77. The third-order valence-corrected chi connectivity index (χ3v) is 6.99. The molecular formula is C27H32N6O2. The molecule has 0 saturated carbocycles. The number of nitrogens with zero attached hydrogens (tertiary/aromatic N) is 6. The van der Waals surface area contributed by atoms with Crippen molar-refractivity contribution in [1.29, 1.82) is 0 Å². The number of fused-ring (bicyclic) bond motifs is 1. The summed E-state index contributed by atoms with van der Waals surface area (Å²) < 4.78 is 5.61. The predicted molar refractivity (Wildman–Crippen MR) is 137 cm³/mol. The van der Waals surface area contributed by atoms with E-state index in [1.807, 2.05) is 50.1 Å². The molecule has 8 heteroatoms. The molecule has 0 aliphatic carbocycles. The maximum absolute atomic E-state index is 12.6. The van der Waals surface area contributed by atoms with Gasteiger partial charge in [0.1, 0.15) is 11.4 Å². The molecule has 5 heterocycles. The van der Waals surface area contributed by atoms with Crippen molar-refractivity contribution in [2.75, 3.05) is 31.1 Å². The summed E-state index contributed by atoms with van der Waals surface area (Å²) in [4.78, 5) is 35.2. The number of carbonyl (C=O) groups excluding carboxylic acids is 1. The third kappa shape index (κ3) is 4.70. The fourth-order valence-corrected chi connectivity index (χ4v) is 5.12. The number of amides is 1. The van der Waals surface area contributed by atoms with Crippen LogP contribution in [-0.2, 0) is 4.74 Å². The van der Waals surface area contributed by atoms with Crippen molar-refractivity contribution in [1.82, 2.24) is 24.8 Å². The van der Waals surface area contributed by atoms with Crippen LogP contribution in [-0.4, -0.2) is 62.7 Å². The largest absolute Gasteiger partial charge is 0.444 e. The quantitative estimate of drug-likeness (QED) is 0.533. The molecule has 1 spiro atoms. The van der Waals surface area contributed by atoms with Crippen molar-refractivity contribution in [2.45, 2.75) is 45.6 Å². The SMILES string of the molecule is C=Cc1cncc2nc(-c3ccncc3)nc(N3CCC4(CCN(C(=O)OC(C)(C)C)C4)CC3)c12. The molecule has 0 bridgehead atoms. The fourth-order valence-electron chi connectivity index (χ4n) is 5.12. The van der Waals surface area contributed by atoms with E-state index in [1.54, 1.807) is 18.6 Å². The van der Waals surface area contributed by atoms with Crippen LogP contribution >= 0.6 is 0 Å². The van der Waals surface area contributed by atoms with Crippen LogP contribution < -0.4 is 4.90 Å². The Kier molecular flexibility index (Phi) is 5.91. The standard InChI is InChI=1S/C27H32N6O2/c1-5-19-16-29-17-21-22(19)24(31-23(30-21)20-6-11-28-12-7-20)32-13-8-27(9-14-32)10-15-33(18-27)25(34)35-26(2,3)4/h5-7,11-12,16-17H,1,8-10,13-15,18H2,2-4H3. The molecule has 182 valence electrons. The van der Waals surface area contributed by atoms with Crippen molar-refractivity contribution in [2.24, 2.45) is 5.41 Å². The molecule has 2 aliphatic rings. The number of hydrogen-bond acceptors (Lipinski definition) is 7. The van der Waals surface area contributed by atoms with Gasteiger partial charge in [0.05, 0.1) is 17.1 Å². The van der Waals surface area contributed by atoms with Gasteiger partial charge in [0.25, 0.3) is 0 Å². The van der Waals surface area contributed by atoms with E-state index in [1.165, 1.54) is 0 Å². The molecule has 0 unspecified atom stereocenters. The molecule has 1 amide bonds. The number of piperidine rings is 1. The van der Waals surface area contributed by atoms with Crippen molar-refractivity contribution < 1.29 is 9.53 Å². The topological polar surface area (TPSA) is 84.3 Å². The Balaban J connectivity index is 1.41. The summed E-state index contributed by atoms with van der Waals surface area (Å²) in [6.45, 7) is 13.0. The number of likely N-dealkylation sites (tertiary alicyclic amines) is 1. The highest BCUT2D eigenvalue weighted by Crippen LogP contribution is 2.42. The average Bonchev–Trinajstić information content (AvgIpc) is 3.26. The van der Waals surface area contributed by atoms with Crippen LogP contribution in [0.2, 0.25) is 0 Å². The monoisotopic (exact) mass is 472 g/mol. The third-order valence-electron chi connectivity index (χ3n) is 6.99. The van der Waals surface area contributed by atoms with Gasteiger partial charge in [0.15, 0.2) is 5.82 Å². The Morgan fingerprint density at radius 2 is 1.77 bits per heavy atom. The molecular weight excluding hydrogens is 440 g/mol. The van der Waals surface area contributed by atoms with Gasteiger partial charge in [-0.05, 0) is 57.6 Å². The highest BCUT2D eigenvalue weighted by molar-refractivity contribution is 5.97. The van der Waals surface area contributed by atoms with Gasteiger partial charge >= 0.3 is 6.09 Å². The highest BCUT2D eigenvalue weighted by Gasteiger charge is 2.43. The van der Waals surface area contributed by atoms with E-state index in [0.717, 1.165) is 73.3 Å². The maximum atomic E-state index is 12.6. The van der Waals surface area contributed by atoms with Gasteiger partial charge in [0.2, 0.25) is 0 Å². The van der Waals surface area contributed by atoms with Gasteiger partial charge in [-0.1, -0.05) is 12.7 Å². The summed E-state index contributed by atoms with van der Waals surface area (Å²) in [5, 5.41) is 0.977. The molecule has 5 rings (SSSR count). The van der Waals surface area contributed by atoms with E-state index in [4.69, 9.17) is 14.7 Å². The van der Waals surface area contributed by atoms with Crippen LogP contribution in [0.25, 0.3) is 28.4 Å². The Labute approximate surface area is 206 Å². The van der Waals surface area contributed by atoms with E-state index in [2.05, 4.69) is 21.4 Å². The van der Waals surface area contributed by atoms with E-state index in [-0.39, 0.29) is 11.5 Å². The Morgan fingerprint density at radius 3 is 2.46 bits per heavy atom. The van der Waals surface area contributed by atoms with E-state index in [9.17, 15) is 4.79 Å². The zero-order valence-electron chi connectivity index (χ0n) is 20.7. The summed E-state index contributed by atoms with van der Waals surface area (Å²) in [6.07, 6.45) is 11.7. The minimum Gasteiger partial charge on any atom is -0.444 e. The molecule has 8 nitrogen and oxygen atoms in total. The molecule has 2 aliphatic heterocycles. The van der Waals surface area contributed by atoms with Gasteiger partial charge in [-0.3, -0.25) is 9.97 Å². The molecule has 0 aromatic carbocycles. The van der Waals surface area contributed by atoms with Gasteiger partial charge < -0.3 is 14.5 Å². The summed E-state index contributed by atoms with van der Waals surface area (Å²) >= 11 is 0. The number of ether oxygens (including phenoxy) is 1. The summed E-state index contributed by atoms with van der Waals surface area (Å²) in [6, 6.07) is 3.84. The lowest BCUT2D eigenvalue weighted by Gasteiger charge is -2.40. The minimum absolute atomic E-state index is 0.132. The highest BCUT2D eigenvalue weighted by atomic mass is 16.6. The number of rotatable bonds is 3. The molecule has 3 aromatic rings. The molecule has 0 N–H and O–H groups in total. The van der Waals surface area contributed by atoms with Crippen LogP contribution in [0, 0.1) is 5.41 Å². The smallest absolute Gasteiger partial charge is 0.410 e. The fraction of sp³-hybridized carbons (Fsp3) is 0.444. The first-order chi connectivity index (χ1) is 16.8. The first-order valence-corrected chi connectivity index (χ1v) is 12.2. The van der Waals surface area contributed by atoms with Crippen molar-refractivity contribution in [3.63, 3.8) is 0 Å². The summed E-state index contributed by atoms with van der Waals surface area (Å²) in [5.74, 6) is 1.58. The van der Waals surface area contributed by atoms with Crippen LogP contribution in [0.1, 0.15) is 45.6 Å². The van der Waals surface area contributed by atoms with Crippen LogP contribution in [0.4, 0.5) is 10.6 Å². The number of anilines is 1. The minimum atomic E-state index is -0.478. The number of carbonyl (C=O) groups is 1. The lowest BCUT2D eigenvalue weighted by molar-refractivity contribution is 0.0266. The molecule has 2 fully saturated rings. The number of aromatic nitrogens is 4. The van der Waals surface area contributed by atoms with Gasteiger partial charge in [0, 0.05) is 55.9 Å². The zero-order chi connectivity index (χ0) is 24.6. The maximum Gasteiger partial charge on any atom is 0.410 e. The second-order valence-electron chi connectivity index (χ2n) is 10.6. The van der Waals surface area contributed by atoms with Gasteiger partial charge in [-0.2, -0.15) is 0 Å². The molecule has 2 saturated heterocycles. The molecule has 3 aromatic heterocycles. The van der Waals surface area contributed by atoms with Crippen molar-refractivity contribution >= 4 is 28.9 Å². The Morgan fingerprint density at radius 1 is 1.06 bits per heavy atom. The number of pyridine rings is 2. The number of hydrogen-bond donors (Lipinski definition) is 0. The predicted octanol–water partition coefficient (Wildman–Crippen LogP) is 4.96. The summed E-state index contributed by atoms with van der Waals surface area (Å²) in [7, 11) is 0. The van der Waals surface area contributed by atoms with Crippen LogP contribution in [0.5, 0.6) is 0 Å². The lowest BCUT2D eigenvalue weighted by Crippen LogP contribution is -2.43. The molecule has 0 radical (unpaired) electrons. The van der Waals surface area contributed by atoms with Gasteiger partial charge in [-0.15, -0.1) is 0 Å². The Hall–Kier alpha value is -3.55. The first kappa shape index (κ1) is 23.2. The normalized spacial score (nSPS) is 17.7. The van der Waals surface area contributed by atoms with E-state index < -0.39 is 5.60 Å². The van der Waals surface area contributed by atoms with E-state index >= 15 is 0 Å². The second kappa shape index (κ2) is 8.91. The van der Waals surface area contributed by atoms with Crippen LogP contribution in [0.15, 0.2) is 43.5 Å². The van der Waals surface area contributed by atoms with Crippen molar-refractivity contribution in [3.8, 4) is 11.4 Å². The zero-order valence-corrected chi connectivity index (χ0v) is 20.7. The second-order valence-corrected chi connectivity index (χ2v) is 10.6.